The quantitative estimate of drug-likeness (QED) is 0.486. The van der Waals surface area contributed by atoms with Gasteiger partial charge in [-0.05, 0) is 61.1 Å². The lowest BCUT2D eigenvalue weighted by atomic mass is 9.95. The zero-order chi connectivity index (χ0) is 27.2. The summed E-state index contributed by atoms with van der Waals surface area (Å²) in [5, 5.41) is 3.06. The van der Waals surface area contributed by atoms with Crippen molar-refractivity contribution in [2.45, 2.75) is 77.4 Å². The first kappa shape index (κ1) is 28.6. The molecule has 1 aliphatic rings. The molecule has 37 heavy (non-hydrogen) atoms. The van der Waals surface area contributed by atoms with Crippen molar-refractivity contribution in [3.05, 3.63) is 65.5 Å². The normalized spacial score (nSPS) is 15.3. The fourth-order valence-electron chi connectivity index (χ4n) is 4.58. The first-order valence-electron chi connectivity index (χ1n) is 12.9. The van der Waals surface area contributed by atoms with Crippen LogP contribution in [0.15, 0.2) is 48.5 Å². The van der Waals surface area contributed by atoms with Crippen molar-refractivity contribution in [1.82, 2.24) is 10.2 Å². The number of halogens is 1. The van der Waals surface area contributed by atoms with Crippen LogP contribution in [0.1, 0.15) is 69.9 Å². The summed E-state index contributed by atoms with van der Waals surface area (Å²) in [5.74, 6) is -0.932. The van der Waals surface area contributed by atoms with Crippen LogP contribution in [0.25, 0.3) is 0 Å². The van der Waals surface area contributed by atoms with Crippen LogP contribution < -0.4 is 9.62 Å². The van der Waals surface area contributed by atoms with E-state index in [1.165, 1.54) is 17.0 Å². The fraction of sp³-hybridized carbons (Fsp3) is 0.500. The molecule has 9 heteroatoms. The molecule has 0 heterocycles. The fourth-order valence-corrected chi connectivity index (χ4v) is 5.43. The van der Waals surface area contributed by atoms with Gasteiger partial charge in [-0.25, -0.2) is 12.8 Å². The highest BCUT2D eigenvalue weighted by Crippen LogP contribution is 2.23. The average Bonchev–Trinajstić information content (AvgIpc) is 2.86. The van der Waals surface area contributed by atoms with Crippen LogP contribution in [0.5, 0.6) is 0 Å². The van der Waals surface area contributed by atoms with Gasteiger partial charge in [0.15, 0.2) is 0 Å². The molecule has 202 valence electrons. The molecule has 1 fully saturated rings. The number of hydrogen-bond donors (Lipinski definition) is 1. The summed E-state index contributed by atoms with van der Waals surface area (Å²) in [6.45, 7) is 5.31. The van der Waals surface area contributed by atoms with Crippen molar-refractivity contribution < 1.29 is 22.4 Å². The third-order valence-corrected chi connectivity index (χ3v) is 8.05. The van der Waals surface area contributed by atoms with Crippen molar-refractivity contribution in [2.24, 2.45) is 0 Å². The Hall–Kier alpha value is -2.94. The Bertz CT molecular complexity index is 1160. The predicted octanol–water partition coefficient (Wildman–Crippen LogP) is 4.58. The minimum Gasteiger partial charge on any atom is -0.352 e. The minimum absolute atomic E-state index is 0.0439. The zero-order valence-electron chi connectivity index (χ0n) is 22.1. The van der Waals surface area contributed by atoms with E-state index in [4.69, 9.17) is 0 Å². The second-order valence-corrected chi connectivity index (χ2v) is 12.1. The van der Waals surface area contributed by atoms with Gasteiger partial charge >= 0.3 is 0 Å². The maximum Gasteiger partial charge on any atom is 0.244 e. The summed E-state index contributed by atoms with van der Waals surface area (Å²) >= 11 is 0. The summed E-state index contributed by atoms with van der Waals surface area (Å²) in [5.41, 5.74) is 2.06. The number of carbonyl (C=O) groups is 2. The maximum atomic E-state index is 13.6. The number of carbonyl (C=O) groups excluding carboxylic acids is 2. The molecule has 7 nitrogen and oxygen atoms in total. The number of benzene rings is 2. The lowest BCUT2D eigenvalue weighted by Crippen LogP contribution is -2.52. The Labute approximate surface area is 220 Å². The van der Waals surface area contributed by atoms with E-state index in [1.807, 2.05) is 26.0 Å². The molecular formula is C28H38FN3O4S. The van der Waals surface area contributed by atoms with E-state index in [9.17, 15) is 22.4 Å². The van der Waals surface area contributed by atoms with E-state index in [2.05, 4.69) is 5.32 Å². The highest BCUT2D eigenvalue weighted by Gasteiger charge is 2.31. The molecule has 2 amide bonds. The van der Waals surface area contributed by atoms with Gasteiger partial charge in [0.2, 0.25) is 21.8 Å². The molecule has 0 aliphatic heterocycles. The Morgan fingerprint density at radius 3 is 2.11 bits per heavy atom. The number of hydrogen-bond acceptors (Lipinski definition) is 4. The van der Waals surface area contributed by atoms with Crippen molar-refractivity contribution in [1.29, 1.82) is 0 Å². The van der Waals surface area contributed by atoms with Crippen LogP contribution in [0.4, 0.5) is 10.1 Å². The highest BCUT2D eigenvalue weighted by molar-refractivity contribution is 7.92. The van der Waals surface area contributed by atoms with E-state index in [-0.39, 0.29) is 24.4 Å². The van der Waals surface area contributed by atoms with E-state index >= 15 is 0 Å². The number of amides is 2. The van der Waals surface area contributed by atoms with Crippen molar-refractivity contribution in [2.75, 3.05) is 17.1 Å². The highest BCUT2D eigenvalue weighted by atomic mass is 32.2. The number of rotatable bonds is 10. The summed E-state index contributed by atoms with van der Waals surface area (Å²) in [4.78, 5) is 28.1. The Morgan fingerprint density at radius 1 is 0.973 bits per heavy atom. The van der Waals surface area contributed by atoms with Gasteiger partial charge in [0.05, 0.1) is 11.9 Å². The Morgan fingerprint density at radius 2 is 1.57 bits per heavy atom. The molecular weight excluding hydrogens is 493 g/mol. The Kier molecular flexibility index (Phi) is 9.70. The van der Waals surface area contributed by atoms with Gasteiger partial charge in [-0.3, -0.25) is 13.9 Å². The SMILES string of the molecule is CC(C)c1ccc(N(CC(=O)N(Cc2ccc(F)cc2)[C@H](C)C(=O)NC2CCCCC2)S(C)(=O)=O)cc1. The molecule has 1 saturated carbocycles. The molecule has 2 aromatic carbocycles. The summed E-state index contributed by atoms with van der Waals surface area (Å²) in [7, 11) is -3.79. The van der Waals surface area contributed by atoms with Crippen LogP contribution >= 0.6 is 0 Å². The van der Waals surface area contributed by atoms with Crippen LogP contribution in [0, 0.1) is 5.82 Å². The summed E-state index contributed by atoms with van der Waals surface area (Å²) in [6, 6.07) is 12.0. The van der Waals surface area contributed by atoms with Crippen LogP contribution in [0.3, 0.4) is 0 Å². The largest absolute Gasteiger partial charge is 0.352 e. The molecule has 0 aromatic heterocycles. The van der Waals surface area contributed by atoms with Crippen LogP contribution in [-0.2, 0) is 26.2 Å². The number of sulfonamides is 1. The first-order chi connectivity index (χ1) is 17.5. The standard InChI is InChI=1S/C28H38FN3O4S/c1-20(2)23-12-16-26(17-13-23)32(37(4,35)36)19-27(33)31(18-22-10-14-24(29)15-11-22)21(3)28(34)30-25-8-6-5-7-9-25/h10-17,20-21,25H,5-9,18-19H2,1-4H3,(H,30,34)/t21-/m1/s1. The van der Waals surface area contributed by atoms with Gasteiger partial charge in [-0.2, -0.15) is 0 Å². The first-order valence-corrected chi connectivity index (χ1v) is 14.7. The van der Waals surface area contributed by atoms with Gasteiger partial charge in [0, 0.05) is 12.6 Å². The van der Waals surface area contributed by atoms with Crippen molar-refractivity contribution >= 4 is 27.5 Å². The molecule has 3 rings (SSSR count). The van der Waals surface area contributed by atoms with E-state index in [0.29, 0.717) is 11.3 Å². The third-order valence-electron chi connectivity index (χ3n) is 6.91. The number of nitrogens with one attached hydrogen (secondary N) is 1. The molecule has 0 spiro atoms. The van der Waals surface area contributed by atoms with E-state index in [0.717, 1.165) is 48.2 Å². The predicted molar refractivity (Wildman–Crippen MR) is 144 cm³/mol. The summed E-state index contributed by atoms with van der Waals surface area (Å²) < 4.78 is 39.9. The van der Waals surface area contributed by atoms with Gasteiger partial charge < -0.3 is 10.2 Å². The van der Waals surface area contributed by atoms with E-state index < -0.39 is 34.3 Å². The molecule has 1 atom stereocenters. The zero-order valence-corrected chi connectivity index (χ0v) is 22.9. The van der Waals surface area contributed by atoms with Crippen molar-refractivity contribution in [3.8, 4) is 0 Å². The molecule has 2 aromatic rings. The smallest absolute Gasteiger partial charge is 0.244 e. The minimum atomic E-state index is -3.79. The molecule has 1 N–H and O–H groups in total. The molecule has 0 bridgehead atoms. The van der Waals surface area contributed by atoms with Crippen LogP contribution in [-0.4, -0.2) is 50.0 Å². The second kappa shape index (κ2) is 12.5. The maximum absolute atomic E-state index is 13.6. The van der Waals surface area contributed by atoms with Gasteiger partial charge in [-0.15, -0.1) is 0 Å². The molecule has 0 radical (unpaired) electrons. The molecule has 1 aliphatic carbocycles. The van der Waals surface area contributed by atoms with Gasteiger partial charge in [-0.1, -0.05) is 57.4 Å². The van der Waals surface area contributed by atoms with E-state index in [1.54, 1.807) is 31.2 Å². The van der Waals surface area contributed by atoms with Crippen LogP contribution in [0.2, 0.25) is 0 Å². The molecule has 0 saturated heterocycles. The monoisotopic (exact) mass is 531 g/mol. The topological polar surface area (TPSA) is 86.8 Å². The summed E-state index contributed by atoms with van der Waals surface area (Å²) in [6.07, 6.45) is 6.11. The van der Waals surface area contributed by atoms with Gasteiger partial charge in [0.25, 0.3) is 0 Å². The molecule has 0 unspecified atom stereocenters. The lowest BCUT2D eigenvalue weighted by molar-refractivity contribution is -0.139. The van der Waals surface area contributed by atoms with Gasteiger partial charge in [0.1, 0.15) is 18.4 Å². The number of nitrogens with zero attached hydrogens (tertiary/aromatic N) is 2. The Balaban J connectivity index is 1.86. The lowest BCUT2D eigenvalue weighted by Gasteiger charge is -2.33. The average molecular weight is 532 g/mol. The third kappa shape index (κ3) is 8.02. The van der Waals surface area contributed by atoms with Crippen molar-refractivity contribution in [3.63, 3.8) is 0 Å². The second-order valence-electron chi connectivity index (χ2n) is 10.2. The number of anilines is 1.